The van der Waals surface area contributed by atoms with Gasteiger partial charge in [0.1, 0.15) is 11.6 Å². The lowest BCUT2D eigenvalue weighted by Crippen LogP contribution is -2.30. The van der Waals surface area contributed by atoms with E-state index in [1.54, 1.807) is 6.20 Å². The number of anilines is 2. The molecule has 1 fully saturated rings. The molecule has 1 saturated heterocycles. The van der Waals surface area contributed by atoms with E-state index in [1.165, 1.54) is 19.3 Å². The number of hydrogen-bond donors (Lipinski definition) is 1. The molecule has 0 saturated carbocycles. The third kappa shape index (κ3) is 3.90. The Morgan fingerprint density at radius 2 is 1.95 bits per heavy atom. The van der Waals surface area contributed by atoms with Crippen LogP contribution in [0.25, 0.3) is 0 Å². The lowest BCUT2D eigenvalue weighted by Gasteiger charge is -2.27. The van der Waals surface area contributed by atoms with Crippen molar-refractivity contribution in [3.05, 3.63) is 45.7 Å². The smallest absolute Gasteiger partial charge is 0.140 e. The van der Waals surface area contributed by atoms with Gasteiger partial charge in [0.25, 0.3) is 0 Å². The molecular formula is C16H18BrClN4. The van der Waals surface area contributed by atoms with Crippen molar-refractivity contribution in [2.75, 3.05) is 23.3 Å². The van der Waals surface area contributed by atoms with Crippen LogP contribution in [0.2, 0.25) is 5.02 Å². The van der Waals surface area contributed by atoms with Gasteiger partial charge in [0, 0.05) is 32.0 Å². The summed E-state index contributed by atoms with van der Waals surface area (Å²) in [5, 5.41) is 3.90. The van der Waals surface area contributed by atoms with E-state index in [0.29, 0.717) is 11.6 Å². The summed E-state index contributed by atoms with van der Waals surface area (Å²) < 4.78 is 0.859. The van der Waals surface area contributed by atoms with Crippen LogP contribution < -0.4 is 10.2 Å². The molecule has 0 bridgehead atoms. The van der Waals surface area contributed by atoms with E-state index in [4.69, 9.17) is 11.6 Å². The first-order chi connectivity index (χ1) is 10.7. The SMILES string of the molecule is Clc1cnc(NCc2ccc(N3CCCCC3)nc2)c(Br)c1. The van der Waals surface area contributed by atoms with Gasteiger partial charge >= 0.3 is 0 Å². The van der Waals surface area contributed by atoms with Gasteiger partial charge in [-0.3, -0.25) is 0 Å². The fourth-order valence-corrected chi connectivity index (χ4v) is 3.34. The molecule has 0 atom stereocenters. The Labute approximate surface area is 144 Å². The molecule has 1 aliphatic rings. The van der Waals surface area contributed by atoms with Crippen LogP contribution in [0.4, 0.5) is 11.6 Å². The average molecular weight is 382 g/mol. The van der Waals surface area contributed by atoms with Gasteiger partial charge in [-0.15, -0.1) is 0 Å². The van der Waals surface area contributed by atoms with Crippen LogP contribution in [-0.4, -0.2) is 23.1 Å². The van der Waals surface area contributed by atoms with Crippen molar-refractivity contribution in [3.63, 3.8) is 0 Å². The topological polar surface area (TPSA) is 41.1 Å². The molecule has 2 aromatic rings. The molecule has 1 aliphatic heterocycles. The van der Waals surface area contributed by atoms with Crippen molar-refractivity contribution >= 4 is 39.2 Å². The predicted molar refractivity (Wildman–Crippen MR) is 94.6 cm³/mol. The summed E-state index contributed by atoms with van der Waals surface area (Å²) in [5.74, 6) is 1.86. The molecule has 0 unspecified atom stereocenters. The van der Waals surface area contributed by atoms with E-state index >= 15 is 0 Å². The summed E-state index contributed by atoms with van der Waals surface area (Å²) in [4.78, 5) is 11.2. The minimum Gasteiger partial charge on any atom is -0.365 e. The molecule has 116 valence electrons. The van der Waals surface area contributed by atoms with Crippen molar-refractivity contribution in [1.82, 2.24) is 9.97 Å². The molecule has 0 amide bonds. The maximum Gasteiger partial charge on any atom is 0.140 e. The van der Waals surface area contributed by atoms with Crippen LogP contribution in [0.5, 0.6) is 0 Å². The molecule has 0 aliphatic carbocycles. The van der Waals surface area contributed by atoms with E-state index in [0.717, 1.165) is 34.8 Å². The van der Waals surface area contributed by atoms with Gasteiger partial charge in [-0.25, -0.2) is 9.97 Å². The quantitative estimate of drug-likeness (QED) is 0.847. The van der Waals surface area contributed by atoms with E-state index in [1.807, 2.05) is 12.3 Å². The van der Waals surface area contributed by atoms with Crippen LogP contribution in [0.1, 0.15) is 24.8 Å². The number of aromatic nitrogens is 2. The Hall–Kier alpha value is -1.33. The fourth-order valence-electron chi connectivity index (χ4n) is 2.56. The van der Waals surface area contributed by atoms with Crippen molar-refractivity contribution in [3.8, 4) is 0 Å². The van der Waals surface area contributed by atoms with Gasteiger partial charge in [-0.1, -0.05) is 17.7 Å². The second-order valence-electron chi connectivity index (χ2n) is 5.41. The zero-order valence-corrected chi connectivity index (χ0v) is 14.6. The molecule has 0 spiro atoms. The number of hydrogen-bond acceptors (Lipinski definition) is 4. The molecule has 22 heavy (non-hydrogen) atoms. The Bertz CT molecular complexity index is 627. The second kappa shape index (κ2) is 7.29. The van der Waals surface area contributed by atoms with E-state index in [2.05, 4.69) is 48.2 Å². The van der Waals surface area contributed by atoms with E-state index in [-0.39, 0.29) is 0 Å². The lowest BCUT2D eigenvalue weighted by atomic mass is 10.1. The number of nitrogens with one attached hydrogen (secondary N) is 1. The first kappa shape index (κ1) is 15.6. The third-order valence-corrected chi connectivity index (χ3v) is 4.57. The van der Waals surface area contributed by atoms with Crippen molar-refractivity contribution in [1.29, 1.82) is 0 Å². The summed E-state index contributed by atoms with van der Waals surface area (Å²) in [6.45, 7) is 2.92. The van der Waals surface area contributed by atoms with Gasteiger partial charge in [-0.05, 0) is 52.9 Å². The van der Waals surface area contributed by atoms with Crippen LogP contribution in [0.3, 0.4) is 0 Å². The highest BCUT2D eigenvalue weighted by molar-refractivity contribution is 9.10. The van der Waals surface area contributed by atoms with E-state index in [9.17, 15) is 0 Å². The summed E-state index contributed by atoms with van der Waals surface area (Å²) in [6.07, 6.45) is 7.43. The Morgan fingerprint density at radius 3 is 2.64 bits per heavy atom. The number of rotatable bonds is 4. The molecule has 0 radical (unpaired) electrons. The van der Waals surface area contributed by atoms with Crippen molar-refractivity contribution < 1.29 is 0 Å². The molecule has 1 N–H and O–H groups in total. The molecule has 3 rings (SSSR count). The van der Waals surface area contributed by atoms with Gasteiger partial charge < -0.3 is 10.2 Å². The van der Waals surface area contributed by atoms with Gasteiger partial charge in [0.05, 0.1) is 9.50 Å². The monoisotopic (exact) mass is 380 g/mol. The maximum atomic E-state index is 5.89. The Kier molecular flexibility index (Phi) is 5.16. The zero-order chi connectivity index (χ0) is 15.4. The number of piperidine rings is 1. The zero-order valence-electron chi connectivity index (χ0n) is 12.2. The molecule has 6 heteroatoms. The van der Waals surface area contributed by atoms with Gasteiger partial charge in [-0.2, -0.15) is 0 Å². The van der Waals surface area contributed by atoms with Gasteiger partial charge in [0.15, 0.2) is 0 Å². The molecule has 0 aromatic carbocycles. The predicted octanol–water partition coefficient (Wildman–Crippen LogP) is 4.49. The highest BCUT2D eigenvalue weighted by atomic mass is 79.9. The minimum atomic E-state index is 0.616. The molecular weight excluding hydrogens is 364 g/mol. The first-order valence-corrected chi connectivity index (χ1v) is 8.64. The van der Waals surface area contributed by atoms with Gasteiger partial charge in [0.2, 0.25) is 0 Å². The highest BCUT2D eigenvalue weighted by Crippen LogP contribution is 2.24. The average Bonchev–Trinajstić information content (AvgIpc) is 2.55. The molecule has 2 aromatic heterocycles. The van der Waals surface area contributed by atoms with Crippen LogP contribution in [0.15, 0.2) is 35.1 Å². The summed E-state index contributed by atoms with van der Waals surface area (Å²) in [7, 11) is 0. The summed E-state index contributed by atoms with van der Waals surface area (Å²) >= 11 is 9.34. The molecule has 3 heterocycles. The third-order valence-electron chi connectivity index (χ3n) is 3.76. The lowest BCUT2D eigenvalue weighted by molar-refractivity contribution is 0.573. The first-order valence-electron chi connectivity index (χ1n) is 7.47. The normalized spacial score (nSPS) is 14.9. The van der Waals surface area contributed by atoms with Crippen LogP contribution in [-0.2, 0) is 6.54 Å². The van der Waals surface area contributed by atoms with Crippen LogP contribution >= 0.6 is 27.5 Å². The number of pyridine rings is 2. The highest BCUT2D eigenvalue weighted by Gasteiger charge is 2.11. The largest absolute Gasteiger partial charge is 0.365 e. The maximum absolute atomic E-state index is 5.89. The van der Waals surface area contributed by atoms with E-state index < -0.39 is 0 Å². The Morgan fingerprint density at radius 1 is 1.14 bits per heavy atom. The summed E-state index contributed by atoms with van der Waals surface area (Å²) in [6, 6.07) is 6.05. The second-order valence-corrected chi connectivity index (χ2v) is 6.70. The minimum absolute atomic E-state index is 0.616. The fraction of sp³-hybridized carbons (Fsp3) is 0.375. The van der Waals surface area contributed by atoms with Crippen molar-refractivity contribution in [2.45, 2.75) is 25.8 Å². The standard InChI is InChI=1S/C16H18BrClN4/c17-14-8-13(18)11-21-16(14)20-10-12-4-5-15(19-9-12)22-6-2-1-3-7-22/h4-5,8-9,11H,1-3,6-7,10H2,(H,20,21). The Balaban J connectivity index is 1.61. The van der Waals surface area contributed by atoms with Crippen LogP contribution in [0, 0.1) is 0 Å². The number of nitrogens with zero attached hydrogens (tertiary/aromatic N) is 3. The van der Waals surface area contributed by atoms with Crippen molar-refractivity contribution in [2.24, 2.45) is 0 Å². The molecule has 4 nitrogen and oxygen atoms in total. The number of halogens is 2. The summed E-state index contributed by atoms with van der Waals surface area (Å²) in [5.41, 5.74) is 1.13.